The van der Waals surface area contributed by atoms with Crippen LogP contribution < -0.4 is 14.2 Å². The number of carbonyl (C=O) groups excluding carboxylic acids is 1. The van der Waals surface area contributed by atoms with Crippen LogP contribution in [0.25, 0.3) is 0 Å². The number of rotatable bonds is 5. The number of hydrogen-bond acceptors (Lipinski definition) is 5. The number of amides is 1. The van der Waals surface area contributed by atoms with Crippen molar-refractivity contribution >= 4 is 5.91 Å². The monoisotopic (exact) mass is 382 g/mol. The van der Waals surface area contributed by atoms with E-state index >= 15 is 0 Å². The Morgan fingerprint density at radius 1 is 1.22 bits per heavy atom. The first kappa shape index (κ1) is 18.8. The highest BCUT2D eigenvalue weighted by atomic mass is 19.4. The van der Waals surface area contributed by atoms with Gasteiger partial charge in [-0.1, -0.05) is 6.07 Å². The average Bonchev–Trinajstić information content (AvgIpc) is 2.65. The molecule has 9 heteroatoms. The molecule has 3 rings (SSSR count). The van der Waals surface area contributed by atoms with Gasteiger partial charge in [0.2, 0.25) is 5.88 Å². The summed E-state index contributed by atoms with van der Waals surface area (Å²) in [6.45, 7) is -0.369. The molecular formula is C18H17F3N2O4. The molecular weight excluding hydrogens is 365 g/mol. The minimum atomic E-state index is -4.52. The summed E-state index contributed by atoms with van der Waals surface area (Å²) < 4.78 is 52.8. The standard InChI is InChI=1S/C18H17F3N2O4/c1-23(10-12-4-5-14-15(9-12)26-8-7-25-14)17(24)13-3-2-6-22-16(13)27-11-18(19,20)21/h2-6,9H,7-8,10-11H2,1H3. The van der Waals surface area contributed by atoms with Crippen molar-refractivity contribution in [2.24, 2.45) is 0 Å². The summed E-state index contributed by atoms with van der Waals surface area (Å²) in [6, 6.07) is 8.15. The van der Waals surface area contributed by atoms with Crippen LogP contribution in [0.4, 0.5) is 13.2 Å². The number of benzene rings is 1. The number of ether oxygens (including phenoxy) is 3. The molecule has 0 saturated carbocycles. The van der Waals surface area contributed by atoms with Gasteiger partial charge >= 0.3 is 6.18 Å². The van der Waals surface area contributed by atoms with E-state index in [4.69, 9.17) is 9.47 Å². The fourth-order valence-corrected chi connectivity index (χ4v) is 2.56. The lowest BCUT2D eigenvalue weighted by Crippen LogP contribution is -2.28. The van der Waals surface area contributed by atoms with Crippen molar-refractivity contribution in [3.8, 4) is 17.4 Å². The number of hydrogen-bond donors (Lipinski definition) is 0. The highest BCUT2D eigenvalue weighted by molar-refractivity contribution is 5.96. The molecule has 1 aromatic carbocycles. The third kappa shape index (κ3) is 4.81. The van der Waals surface area contributed by atoms with Crippen LogP contribution >= 0.6 is 0 Å². The molecule has 0 N–H and O–H groups in total. The number of pyridine rings is 1. The van der Waals surface area contributed by atoms with Gasteiger partial charge in [-0.2, -0.15) is 13.2 Å². The van der Waals surface area contributed by atoms with Crippen molar-refractivity contribution in [3.05, 3.63) is 47.7 Å². The minimum absolute atomic E-state index is 0.0400. The van der Waals surface area contributed by atoms with E-state index in [1.54, 1.807) is 25.2 Å². The van der Waals surface area contributed by atoms with Gasteiger partial charge in [0.1, 0.15) is 18.8 Å². The van der Waals surface area contributed by atoms with E-state index in [-0.39, 0.29) is 18.0 Å². The Bertz CT molecular complexity index is 826. The Kier molecular flexibility index (Phi) is 5.38. The lowest BCUT2D eigenvalue weighted by atomic mass is 10.1. The Morgan fingerprint density at radius 3 is 2.70 bits per heavy atom. The SMILES string of the molecule is CN(Cc1ccc2c(c1)OCCO2)C(=O)c1cccnc1OCC(F)(F)F. The van der Waals surface area contributed by atoms with Gasteiger partial charge in [0.15, 0.2) is 18.1 Å². The van der Waals surface area contributed by atoms with E-state index in [9.17, 15) is 18.0 Å². The molecule has 1 aliphatic rings. The highest BCUT2D eigenvalue weighted by Gasteiger charge is 2.30. The largest absolute Gasteiger partial charge is 0.486 e. The summed E-state index contributed by atoms with van der Waals surface area (Å²) >= 11 is 0. The second kappa shape index (κ2) is 7.73. The summed E-state index contributed by atoms with van der Waals surface area (Å²) in [5, 5.41) is 0. The van der Waals surface area contributed by atoms with Gasteiger partial charge in [0, 0.05) is 19.8 Å². The van der Waals surface area contributed by atoms with Gasteiger partial charge in [-0.15, -0.1) is 0 Å². The lowest BCUT2D eigenvalue weighted by molar-refractivity contribution is -0.154. The maximum absolute atomic E-state index is 12.7. The van der Waals surface area contributed by atoms with Crippen LogP contribution in [0.15, 0.2) is 36.5 Å². The zero-order chi connectivity index (χ0) is 19.4. The van der Waals surface area contributed by atoms with Gasteiger partial charge in [-0.25, -0.2) is 4.98 Å². The van der Waals surface area contributed by atoms with Gasteiger partial charge in [0.05, 0.1) is 0 Å². The molecule has 0 unspecified atom stereocenters. The van der Waals surface area contributed by atoms with Crippen LogP contribution in [-0.2, 0) is 6.54 Å². The highest BCUT2D eigenvalue weighted by Crippen LogP contribution is 2.31. The Labute approximate surface area is 153 Å². The molecule has 6 nitrogen and oxygen atoms in total. The molecule has 2 heterocycles. The molecule has 0 saturated heterocycles. The summed E-state index contributed by atoms with van der Waals surface area (Å²) in [5.41, 5.74) is 0.749. The number of fused-ring (bicyclic) bond motifs is 1. The van der Waals surface area contributed by atoms with Crippen molar-refractivity contribution in [1.82, 2.24) is 9.88 Å². The second-order valence-electron chi connectivity index (χ2n) is 5.90. The number of carbonyl (C=O) groups is 1. The van der Waals surface area contributed by atoms with Gasteiger partial charge < -0.3 is 19.1 Å². The number of halogens is 3. The molecule has 0 aliphatic carbocycles. The van der Waals surface area contributed by atoms with Crippen molar-refractivity contribution in [2.45, 2.75) is 12.7 Å². The van der Waals surface area contributed by atoms with Crippen LogP contribution in [0.1, 0.15) is 15.9 Å². The Balaban J connectivity index is 1.72. The summed E-state index contributed by atoms with van der Waals surface area (Å²) in [4.78, 5) is 17.8. The molecule has 0 atom stereocenters. The fourth-order valence-electron chi connectivity index (χ4n) is 2.56. The fraction of sp³-hybridized carbons (Fsp3) is 0.333. The van der Waals surface area contributed by atoms with Crippen molar-refractivity contribution < 1.29 is 32.2 Å². The molecule has 1 aliphatic heterocycles. The maximum atomic E-state index is 12.7. The van der Waals surface area contributed by atoms with Gasteiger partial charge in [0.25, 0.3) is 5.91 Å². The molecule has 1 aromatic heterocycles. The Hall–Kier alpha value is -2.97. The summed E-state index contributed by atoms with van der Waals surface area (Å²) in [5.74, 6) is 0.369. The van der Waals surface area contributed by atoms with E-state index in [1.165, 1.54) is 23.2 Å². The van der Waals surface area contributed by atoms with Crippen LogP contribution in [0, 0.1) is 0 Å². The van der Waals surface area contributed by atoms with Crippen molar-refractivity contribution in [1.29, 1.82) is 0 Å². The summed E-state index contributed by atoms with van der Waals surface area (Å²) in [7, 11) is 1.54. The average molecular weight is 382 g/mol. The minimum Gasteiger partial charge on any atom is -0.486 e. The third-order valence-corrected chi connectivity index (χ3v) is 3.75. The number of alkyl halides is 3. The quantitative estimate of drug-likeness (QED) is 0.796. The van der Waals surface area contributed by atoms with Crippen molar-refractivity contribution in [2.75, 3.05) is 26.9 Å². The predicted molar refractivity (Wildman–Crippen MR) is 89.0 cm³/mol. The molecule has 1 amide bonds. The van der Waals surface area contributed by atoms with Gasteiger partial charge in [-0.3, -0.25) is 4.79 Å². The molecule has 27 heavy (non-hydrogen) atoms. The Morgan fingerprint density at radius 2 is 1.96 bits per heavy atom. The molecule has 0 spiro atoms. The third-order valence-electron chi connectivity index (χ3n) is 3.75. The molecule has 0 radical (unpaired) electrons. The van der Waals surface area contributed by atoms with E-state index in [0.29, 0.717) is 24.7 Å². The van der Waals surface area contributed by atoms with Crippen molar-refractivity contribution in [3.63, 3.8) is 0 Å². The number of nitrogens with zero attached hydrogens (tertiary/aromatic N) is 2. The second-order valence-corrected chi connectivity index (χ2v) is 5.90. The topological polar surface area (TPSA) is 60.9 Å². The lowest BCUT2D eigenvalue weighted by Gasteiger charge is -2.21. The maximum Gasteiger partial charge on any atom is 0.422 e. The first-order valence-electron chi connectivity index (χ1n) is 8.12. The molecule has 144 valence electrons. The van der Waals surface area contributed by atoms with Gasteiger partial charge in [-0.05, 0) is 29.8 Å². The first-order valence-corrected chi connectivity index (χ1v) is 8.12. The molecule has 2 aromatic rings. The molecule has 0 fully saturated rings. The smallest absolute Gasteiger partial charge is 0.422 e. The normalized spacial score (nSPS) is 13.2. The predicted octanol–water partition coefficient (Wildman–Crippen LogP) is 3.07. The van der Waals surface area contributed by atoms with Crippen LogP contribution in [0.5, 0.6) is 17.4 Å². The zero-order valence-corrected chi connectivity index (χ0v) is 14.5. The van der Waals surface area contributed by atoms with Crippen LogP contribution in [0.2, 0.25) is 0 Å². The van der Waals surface area contributed by atoms with E-state index in [0.717, 1.165) is 5.56 Å². The van der Waals surface area contributed by atoms with E-state index in [1.807, 2.05) is 0 Å². The van der Waals surface area contributed by atoms with Crippen LogP contribution in [-0.4, -0.2) is 48.8 Å². The summed E-state index contributed by atoms with van der Waals surface area (Å²) in [6.07, 6.45) is -3.25. The molecule has 0 bridgehead atoms. The van der Waals surface area contributed by atoms with Crippen LogP contribution in [0.3, 0.4) is 0 Å². The zero-order valence-electron chi connectivity index (χ0n) is 14.5. The van der Waals surface area contributed by atoms with E-state index < -0.39 is 18.7 Å². The number of aromatic nitrogens is 1. The van der Waals surface area contributed by atoms with E-state index in [2.05, 4.69) is 9.72 Å². The first-order chi connectivity index (χ1) is 12.8.